The highest BCUT2D eigenvalue weighted by molar-refractivity contribution is 5.85. The molecule has 1 aromatic rings. The molecule has 0 unspecified atom stereocenters. The Kier molecular flexibility index (Phi) is 4.72. The third-order valence-electron chi connectivity index (χ3n) is 4.11. The number of nitrogens with zero attached hydrogens (tertiary/aromatic N) is 2. The minimum absolute atomic E-state index is 0.203. The van der Waals surface area contributed by atoms with Gasteiger partial charge in [0, 0.05) is 5.71 Å². The molecule has 22 heavy (non-hydrogen) atoms. The Morgan fingerprint density at radius 1 is 1.00 bits per heavy atom. The summed E-state index contributed by atoms with van der Waals surface area (Å²) in [6.07, 6.45) is 3.23. The van der Waals surface area contributed by atoms with Gasteiger partial charge in [0.1, 0.15) is 5.69 Å². The topological polar surface area (TPSA) is 37.3 Å². The van der Waals surface area contributed by atoms with Crippen molar-refractivity contribution in [1.29, 1.82) is 0 Å². The fourth-order valence-electron chi connectivity index (χ4n) is 2.65. The summed E-state index contributed by atoms with van der Waals surface area (Å²) in [6.45, 7) is 6.52. The molecule has 2 rings (SSSR count). The number of hydrogen-bond acceptors (Lipinski definition) is 3. The van der Waals surface area contributed by atoms with Gasteiger partial charge in [0.2, 0.25) is 11.6 Å². The van der Waals surface area contributed by atoms with Crippen LogP contribution in [0.5, 0.6) is 0 Å². The summed E-state index contributed by atoms with van der Waals surface area (Å²) in [5.74, 6) is -6.00. The summed E-state index contributed by atoms with van der Waals surface area (Å²) in [4.78, 5) is 2.49. The zero-order valence-corrected chi connectivity index (χ0v) is 12.8. The molecular weight excluding hydrogens is 298 g/mol. The van der Waals surface area contributed by atoms with E-state index in [9.17, 15) is 17.6 Å². The Labute approximate surface area is 126 Å². The summed E-state index contributed by atoms with van der Waals surface area (Å²) in [6, 6.07) is 0. The lowest BCUT2D eigenvalue weighted by Crippen LogP contribution is -2.26. The predicted molar refractivity (Wildman–Crippen MR) is 76.5 cm³/mol. The first-order chi connectivity index (χ1) is 10.2. The van der Waals surface area contributed by atoms with E-state index in [0.29, 0.717) is 18.8 Å². The highest BCUT2D eigenvalue weighted by atomic mass is 19.2. The predicted octanol–water partition coefficient (Wildman–Crippen LogP) is 4.64. The maximum Gasteiger partial charge on any atom is 0.254 e. The Morgan fingerprint density at radius 2 is 1.50 bits per heavy atom. The van der Waals surface area contributed by atoms with Gasteiger partial charge >= 0.3 is 0 Å². The molecule has 1 heterocycles. The van der Waals surface area contributed by atoms with Gasteiger partial charge in [-0.3, -0.25) is 5.43 Å². The zero-order valence-electron chi connectivity index (χ0n) is 12.8. The van der Waals surface area contributed by atoms with Crippen LogP contribution >= 0.6 is 0 Å². The van der Waals surface area contributed by atoms with Crippen LogP contribution in [0.4, 0.5) is 23.2 Å². The lowest BCUT2D eigenvalue weighted by molar-refractivity contribution is 0.208. The molecule has 0 atom stereocenters. The largest absolute Gasteiger partial charge is 0.272 e. The average Bonchev–Trinajstić information content (AvgIpc) is 2.45. The lowest BCUT2D eigenvalue weighted by Gasteiger charge is -2.34. The van der Waals surface area contributed by atoms with Crippen molar-refractivity contribution in [3.63, 3.8) is 0 Å². The van der Waals surface area contributed by atoms with Crippen molar-refractivity contribution in [3.05, 3.63) is 23.5 Å². The van der Waals surface area contributed by atoms with Crippen molar-refractivity contribution in [2.75, 3.05) is 5.43 Å². The first-order valence-corrected chi connectivity index (χ1v) is 7.21. The fraction of sp³-hybridized carbons (Fsp3) is 0.600. The molecule has 1 aliphatic carbocycles. The van der Waals surface area contributed by atoms with E-state index in [1.165, 1.54) is 0 Å². The van der Waals surface area contributed by atoms with Crippen molar-refractivity contribution >= 4 is 11.4 Å². The van der Waals surface area contributed by atoms with Crippen molar-refractivity contribution in [2.45, 2.75) is 46.5 Å². The number of halogens is 4. The monoisotopic (exact) mass is 317 g/mol. The molecule has 0 aliphatic heterocycles. The number of aromatic nitrogens is 1. The molecule has 0 spiro atoms. The number of nitrogens with one attached hydrogen (secondary N) is 1. The van der Waals surface area contributed by atoms with Gasteiger partial charge in [0.05, 0.1) is 0 Å². The van der Waals surface area contributed by atoms with Gasteiger partial charge in [-0.25, -0.2) is 0 Å². The Balaban J connectivity index is 2.08. The van der Waals surface area contributed by atoms with E-state index in [1.54, 1.807) is 0 Å². The van der Waals surface area contributed by atoms with Crippen molar-refractivity contribution in [2.24, 2.45) is 16.4 Å². The standard InChI is InChI=1S/C15H19F4N3/c1-15(2,3)8-4-6-9(7-5-8)21-22-12-10(16)13(18)20-14(19)11(12)17/h8H,4-7H2,1-3H3,(H,20,22). The van der Waals surface area contributed by atoms with Crippen LogP contribution in [-0.2, 0) is 0 Å². The highest BCUT2D eigenvalue weighted by Crippen LogP contribution is 2.37. The Morgan fingerprint density at radius 3 is 1.95 bits per heavy atom. The minimum Gasteiger partial charge on any atom is -0.272 e. The third kappa shape index (κ3) is 3.56. The van der Waals surface area contributed by atoms with Crippen LogP contribution in [0, 0.1) is 34.9 Å². The second kappa shape index (κ2) is 6.22. The van der Waals surface area contributed by atoms with Crippen LogP contribution in [-0.4, -0.2) is 10.7 Å². The molecule has 0 aromatic carbocycles. The van der Waals surface area contributed by atoms with E-state index in [-0.39, 0.29) is 5.41 Å². The molecule has 0 saturated heterocycles. The highest BCUT2D eigenvalue weighted by Gasteiger charge is 2.28. The van der Waals surface area contributed by atoms with Crippen molar-refractivity contribution in [1.82, 2.24) is 4.98 Å². The SMILES string of the molecule is CC(C)(C)C1CCC(=NNc2c(F)c(F)nc(F)c2F)CC1. The summed E-state index contributed by atoms with van der Waals surface area (Å²) >= 11 is 0. The van der Waals surface area contributed by atoms with E-state index in [0.717, 1.165) is 18.6 Å². The number of pyridine rings is 1. The molecule has 7 heteroatoms. The normalized spacial score (nSPS) is 19.2. The van der Waals surface area contributed by atoms with Crippen LogP contribution in [0.15, 0.2) is 5.10 Å². The maximum absolute atomic E-state index is 13.4. The van der Waals surface area contributed by atoms with Crippen LogP contribution in [0.2, 0.25) is 0 Å². The van der Waals surface area contributed by atoms with E-state index < -0.39 is 29.2 Å². The van der Waals surface area contributed by atoms with Gasteiger partial charge in [-0.15, -0.1) is 0 Å². The molecule has 0 amide bonds. The van der Waals surface area contributed by atoms with Crippen LogP contribution in [0.3, 0.4) is 0 Å². The molecule has 3 nitrogen and oxygen atoms in total. The van der Waals surface area contributed by atoms with Crippen molar-refractivity contribution in [3.8, 4) is 0 Å². The second-order valence-corrected chi connectivity index (χ2v) is 6.63. The van der Waals surface area contributed by atoms with E-state index in [1.807, 2.05) is 0 Å². The maximum atomic E-state index is 13.4. The third-order valence-corrected chi connectivity index (χ3v) is 4.11. The average molecular weight is 317 g/mol. The summed E-state index contributed by atoms with van der Waals surface area (Å²) < 4.78 is 52.9. The van der Waals surface area contributed by atoms with Gasteiger partial charge in [-0.1, -0.05) is 20.8 Å². The van der Waals surface area contributed by atoms with Crippen LogP contribution in [0.1, 0.15) is 46.5 Å². The number of rotatable bonds is 2. The lowest BCUT2D eigenvalue weighted by atomic mass is 9.72. The molecule has 1 aliphatic rings. The Bertz CT molecular complexity index is 557. The van der Waals surface area contributed by atoms with Crippen LogP contribution < -0.4 is 5.43 Å². The molecule has 1 saturated carbocycles. The number of hydrogen-bond donors (Lipinski definition) is 1. The smallest absolute Gasteiger partial charge is 0.254 e. The second-order valence-electron chi connectivity index (χ2n) is 6.63. The van der Waals surface area contributed by atoms with Crippen molar-refractivity contribution < 1.29 is 17.6 Å². The molecule has 1 fully saturated rings. The minimum atomic E-state index is -1.70. The van der Waals surface area contributed by atoms with Crippen LogP contribution in [0.25, 0.3) is 0 Å². The van der Waals surface area contributed by atoms with Gasteiger partial charge in [0.25, 0.3) is 11.9 Å². The first-order valence-electron chi connectivity index (χ1n) is 7.21. The molecular formula is C15H19F4N3. The summed E-state index contributed by atoms with van der Waals surface area (Å²) in [5.41, 5.74) is 2.09. The molecule has 122 valence electrons. The molecule has 0 bridgehead atoms. The molecule has 1 N–H and O–H groups in total. The fourth-order valence-corrected chi connectivity index (χ4v) is 2.65. The van der Waals surface area contributed by atoms with Gasteiger partial charge in [-0.2, -0.15) is 27.6 Å². The summed E-state index contributed by atoms with van der Waals surface area (Å²) in [5, 5.41) is 3.90. The molecule has 1 aromatic heterocycles. The van der Waals surface area contributed by atoms with Gasteiger partial charge in [-0.05, 0) is 37.0 Å². The van der Waals surface area contributed by atoms with E-state index in [2.05, 4.69) is 36.3 Å². The quantitative estimate of drug-likeness (QED) is 0.490. The van der Waals surface area contributed by atoms with E-state index in [4.69, 9.17) is 0 Å². The van der Waals surface area contributed by atoms with Gasteiger partial charge < -0.3 is 0 Å². The number of hydrazone groups is 1. The number of anilines is 1. The Hall–Kier alpha value is -1.66. The molecule has 0 radical (unpaired) electrons. The summed E-state index contributed by atoms with van der Waals surface area (Å²) in [7, 11) is 0. The van der Waals surface area contributed by atoms with Gasteiger partial charge in [0.15, 0.2) is 0 Å². The zero-order chi connectivity index (χ0) is 16.5. The van der Waals surface area contributed by atoms with E-state index >= 15 is 0 Å². The first kappa shape index (κ1) is 16.7.